The molecule has 4 nitrogen and oxygen atoms in total. The van der Waals surface area contributed by atoms with Crippen LogP contribution in [0.3, 0.4) is 0 Å². The van der Waals surface area contributed by atoms with Crippen LogP contribution in [0.1, 0.15) is 29.7 Å². The van der Waals surface area contributed by atoms with Gasteiger partial charge in [-0.05, 0) is 24.6 Å². The van der Waals surface area contributed by atoms with E-state index in [2.05, 4.69) is 23.1 Å². The van der Waals surface area contributed by atoms with Crippen LogP contribution >= 0.6 is 0 Å². The normalized spacial score (nSPS) is 18.4. The molecule has 0 amide bonds. The number of aryl methyl sites for hydroxylation is 1. The number of benzene rings is 1. The standard InChI is InChI=1S/C17H22FN3O/c1-3-21-11-14-9-20(8-13-4-6-16(18)7-5-13)10-15(12-22-2)17(14)19-21/h4-7,11,15H,3,8-10,12H2,1-2H3. The topological polar surface area (TPSA) is 30.3 Å². The van der Waals surface area contributed by atoms with Crippen molar-refractivity contribution in [1.82, 2.24) is 14.7 Å². The van der Waals surface area contributed by atoms with Gasteiger partial charge in [-0.25, -0.2) is 4.39 Å². The second-order valence-electron chi connectivity index (χ2n) is 5.84. The first kappa shape index (κ1) is 15.2. The summed E-state index contributed by atoms with van der Waals surface area (Å²) in [4.78, 5) is 2.38. The SMILES string of the molecule is CCn1cc2c(n1)C(COC)CN(Cc1ccc(F)cc1)C2. The fraction of sp³-hybridized carbons (Fsp3) is 0.471. The number of nitrogens with zero attached hydrogens (tertiary/aromatic N) is 3. The van der Waals surface area contributed by atoms with Crippen molar-refractivity contribution in [2.75, 3.05) is 20.3 Å². The molecule has 1 aliphatic rings. The summed E-state index contributed by atoms with van der Waals surface area (Å²) in [5, 5.41) is 4.68. The summed E-state index contributed by atoms with van der Waals surface area (Å²) in [6.45, 7) is 6.27. The van der Waals surface area contributed by atoms with E-state index < -0.39 is 0 Å². The summed E-state index contributed by atoms with van der Waals surface area (Å²) in [5.74, 6) is 0.105. The van der Waals surface area contributed by atoms with Crippen molar-refractivity contribution in [2.45, 2.75) is 32.5 Å². The molecule has 2 aromatic rings. The smallest absolute Gasteiger partial charge is 0.123 e. The first-order valence-corrected chi connectivity index (χ1v) is 7.71. The molecule has 1 aromatic heterocycles. The lowest BCUT2D eigenvalue weighted by molar-refractivity contribution is 0.134. The van der Waals surface area contributed by atoms with Gasteiger partial charge in [0.1, 0.15) is 5.82 Å². The van der Waals surface area contributed by atoms with Gasteiger partial charge < -0.3 is 4.74 Å². The molecule has 3 rings (SSSR count). The minimum atomic E-state index is -0.189. The quantitative estimate of drug-likeness (QED) is 0.851. The van der Waals surface area contributed by atoms with Crippen LogP contribution in [0, 0.1) is 5.82 Å². The van der Waals surface area contributed by atoms with Crippen LogP contribution in [0.4, 0.5) is 4.39 Å². The van der Waals surface area contributed by atoms with Gasteiger partial charge in [0.2, 0.25) is 0 Å². The maximum Gasteiger partial charge on any atom is 0.123 e. The number of fused-ring (bicyclic) bond motifs is 1. The maximum absolute atomic E-state index is 13.0. The van der Waals surface area contributed by atoms with Gasteiger partial charge in [-0.2, -0.15) is 5.10 Å². The van der Waals surface area contributed by atoms with Crippen molar-refractivity contribution >= 4 is 0 Å². The zero-order valence-corrected chi connectivity index (χ0v) is 13.1. The van der Waals surface area contributed by atoms with Gasteiger partial charge in [-0.3, -0.25) is 9.58 Å². The van der Waals surface area contributed by atoms with Gasteiger partial charge in [0.15, 0.2) is 0 Å². The molecule has 2 heterocycles. The molecule has 118 valence electrons. The van der Waals surface area contributed by atoms with Gasteiger partial charge in [-0.1, -0.05) is 12.1 Å². The summed E-state index contributed by atoms with van der Waals surface area (Å²) < 4.78 is 20.4. The van der Waals surface area contributed by atoms with Crippen LogP contribution < -0.4 is 0 Å². The van der Waals surface area contributed by atoms with E-state index in [1.54, 1.807) is 7.11 Å². The first-order valence-electron chi connectivity index (χ1n) is 7.71. The van der Waals surface area contributed by atoms with Gasteiger partial charge in [0, 0.05) is 51.0 Å². The second-order valence-corrected chi connectivity index (χ2v) is 5.84. The molecule has 0 fully saturated rings. The number of hydrogen-bond acceptors (Lipinski definition) is 3. The van der Waals surface area contributed by atoms with Gasteiger partial charge in [0.05, 0.1) is 12.3 Å². The molecule has 1 atom stereocenters. The van der Waals surface area contributed by atoms with E-state index in [1.807, 2.05) is 16.8 Å². The number of methoxy groups -OCH3 is 1. The van der Waals surface area contributed by atoms with Gasteiger partial charge in [0.25, 0.3) is 0 Å². The Morgan fingerprint density at radius 2 is 2.09 bits per heavy atom. The summed E-state index contributed by atoms with van der Waals surface area (Å²) in [6, 6.07) is 6.75. The molecular formula is C17H22FN3O. The zero-order chi connectivity index (χ0) is 15.5. The molecule has 0 aliphatic carbocycles. The molecule has 0 bridgehead atoms. The first-order chi connectivity index (χ1) is 10.7. The molecular weight excluding hydrogens is 281 g/mol. The van der Waals surface area contributed by atoms with E-state index in [-0.39, 0.29) is 5.82 Å². The highest BCUT2D eigenvalue weighted by atomic mass is 19.1. The lowest BCUT2D eigenvalue weighted by atomic mass is 9.97. The molecule has 0 spiro atoms. The van der Waals surface area contributed by atoms with E-state index in [0.717, 1.165) is 31.7 Å². The maximum atomic E-state index is 13.0. The number of ether oxygens (including phenoxy) is 1. The Bertz CT molecular complexity index is 623. The molecule has 0 N–H and O–H groups in total. The number of hydrogen-bond donors (Lipinski definition) is 0. The number of aromatic nitrogens is 2. The van der Waals surface area contributed by atoms with Crippen molar-refractivity contribution < 1.29 is 9.13 Å². The van der Waals surface area contributed by atoms with Crippen LogP contribution in [0.25, 0.3) is 0 Å². The highest BCUT2D eigenvalue weighted by molar-refractivity contribution is 5.25. The summed E-state index contributed by atoms with van der Waals surface area (Å²) in [7, 11) is 1.73. The highest BCUT2D eigenvalue weighted by Crippen LogP contribution is 2.28. The Morgan fingerprint density at radius 1 is 1.32 bits per heavy atom. The minimum Gasteiger partial charge on any atom is -0.384 e. The lowest BCUT2D eigenvalue weighted by Gasteiger charge is -2.31. The number of halogens is 1. The minimum absolute atomic E-state index is 0.189. The van der Waals surface area contributed by atoms with Crippen molar-refractivity contribution in [3.05, 3.63) is 53.1 Å². The predicted molar refractivity (Wildman–Crippen MR) is 83.0 cm³/mol. The third-order valence-corrected chi connectivity index (χ3v) is 4.14. The zero-order valence-electron chi connectivity index (χ0n) is 13.1. The summed E-state index contributed by atoms with van der Waals surface area (Å²) in [5.41, 5.74) is 3.57. The Morgan fingerprint density at radius 3 is 2.77 bits per heavy atom. The molecule has 1 unspecified atom stereocenters. The molecule has 0 radical (unpaired) electrons. The van der Waals surface area contributed by atoms with Crippen molar-refractivity contribution in [3.8, 4) is 0 Å². The molecule has 1 aromatic carbocycles. The number of rotatable bonds is 5. The molecule has 5 heteroatoms. The van der Waals surface area contributed by atoms with E-state index in [0.29, 0.717) is 12.5 Å². The molecule has 1 aliphatic heterocycles. The van der Waals surface area contributed by atoms with E-state index in [9.17, 15) is 4.39 Å². The van der Waals surface area contributed by atoms with Crippen LogP contribution in [0.5, 0.6) is 0 Å². The van der Waals surface area contributed by atoms with E-state index in [1.165, 1.54) is 23.4 Å². The van der Waals surface area contributed by atoms with E-state index in [4.69, 9.17) is 4.74 Å². The Hall–Kier alpha value is -1.72. The van der Waals surface area contributed by atoms with Crippen LogP contribution in [0.2, 0.25) is 0 Å². The Balaban J connectivity index is 1.78. The molecule has 0 saturated heterocycles. The fourth-order valence-electron chi connectivity index (χ4n) is 3.11. The van der Waals surface area contributed by atoms with E-state index >= 15 is 0 Å². The van der Waals surface area contributed by atoms with Crippen LogP contribution in [0.15, 0.2) is 30.5 Å². The average molecular weight is 303 g/mol. The highest BCUT2D eigenvalue weighted by Gasteiger charge is 2.28. The lowest BCUT2D eigenvalue weighted by Crippen LogP contribution is -2.34. The fourth-order valence-corrected chi connectivity index (χ4v) is 3.11. The Kier molecular flexibility index (Phi) is 4.55. The van der Waals surface area contributed by atoms with Crippen LogP contribution in [-0.2, 0) is 24.4 Å². The third-order valence-electron chi connectivity index (χ3n) is 4.14. The van der Waals surface area contributed by atoms with Crippen LogP contribution in [-0.4, -0.2) is 34.9 Å². The summed E-state index contributed by atoms with van der Waals surface area (Å²) >= 11 is 0. The van der Waals surface area contributed by atoms with Crippen molar-refractivity contribution in [1.29, 1.82) is 0 Å². The van der Waals surface area contributed by atoms with Crippen molar-refractivity contribution in [3.63, 3.8) is 0 Å². The monoisotopic (exact) mass is 303 g/mol. The third kappa shape index (κ3) is 3.20. The van der Waals surface area contributed by atoms with Gasteiger partial charge in [-0.15, -0.1) is 0 Å². The largest absolute Gasteiger partial charge is 0.384 e. The summed E-state index contributed by atoms with van der Waals surface area (Å²) in [6.07, 6.45) is 2.13. The molecule has 0 saturated carbocycles. The Labute approximate surface area is 130 Å². The second kappa shape index (κ2) is 6.58. The molecule has 22 heavy (non-hydrogen) atoms. The van der Waals surface area contributed by atoms with Crippen molar-refractivity contribution in [2.24, 2.45) is 0 Å². The van der Waals surface area contributed by atoms with Gasteiger partial charge >= 0.3 is 0 Å². The average Bonchev–Trinajstić information content (AvgIpc) is 2.93. The predicted octanol–water partition coefficient (Wildman–Crippen LogP) is 2.79.